The van der Waals surface area contributed by atoms with Crippen molar-refractivity contribution in [2.45, 2.75) is 6.92 Å². The number of carbonyl (C=O) groups excluding carboxylic acids is 1. The lowest BCUT2D eigenvalue weighted by Crippen LogP contribution is -2.12. The van der Waals surface area contributed by atoms with Crippen molar-refractivity contribution in [1.82, 2.24) is 0 Å². The molecule has 0 atom stereocenters. The van der Waals surface area contributed by atoms with Crippen LogP contribution in [0.2, 0.25) is 0 Å². The molecule has 0 aliphatic heterocycles. The van der Waals surface area contributed by atoms with Crippen molar-refractivity contribution in [3.8, 4) is 0 Å². The van der Waals surface area contributed by atoms with E-state index in [-0.39, 0.29) is 11.5 Å². The number of amides is 1. The molecule has 0 saturated heterocycles. The zero-order valence-electron chi connectivity index (χ0n) is 10.7. The summed E-state index contributed by atoms with van der Waals surface area (Å²) in [6.45, 7) is 1.69. The van der Waals surface area contributed by atoms with Crippen LogP contribution in [0.25, 0.3) is 0 Å². The summed E-state index contributed by atoms with van der Waals surface area (Å²) in [7, 11) is 0. The summed E-state index contributed by atoms with van der Waals surface area (Å²) in [5.74, 6) is -1.22. The van der Waals surface area contributed by atoms with E-state index in [1.807, 2.05) is 6.07 Å². The number of hydrogen-bond donors (Lipinski definition) is 2. The Labute approximate surface area is 124 Å². The Kier molecular flexibility index (Phi) is 4.20. The Morgan fingerprint density at radius 1 is 1.15 bits per heavy atom. The molecule has 2 N–H and O–H groups in total. The Balaban J connectivity index is 2.20. The highest BCUT2D eigenvalue weighted by atomic mass is 79.9. The van der Waals surface area contributed by atoms with Gasteiger partial charge >= 0.3 is 5.97 Å². The molecule has 0 saturated carbocycles. The van der Waals surface area contributed by atoms with Gasteiger partial charge in [-0.05, 0) is 48.9 Å². The molecule has 1 amide bonds. The van der Waals surface area contributed by atoms with Crippen molar-refractivity contribution in [3.63, 3.8) is 0 Å². The number of halogens is 1. The number of carboxylic acids is 1. The molecule has 0 heterocycles. The van der Waals surface area contributed by atoms with Crippen molar-refractivity contribution >= 4 is 33.5 Å². The molecule has 2 rings (SSSR count). The third-order valence-electron chi connectivity index (χ3n) is 2.80. The number of carboxylic acid groups (broad SMARTS) is 1. The summed E-state index contributed by atoms with van der Waals surface area (Å²) in [5.41, 5.74) is 1.92. The lowest BCUT2D eigenvalue weighted by molar-refractivity contribution is 0.0696. The van der Waals surface area contributed by atoms with E-state index in [4.69, 9.17) is 5.11 Å². The number of rotatable bonds is 3. The first-order chi connectivity index (χ1) is 9.47. The normalized spacial score (nSPS) is 10.1. The molecule has 0 fully saturated rings. The van der Waals surface area contributed by atoms with Crippen molar-refractivity contribution in [2.24, 2.45) is 0 Å². The molecule has 2 aromatic carbocycles. The molecule has 0 aliphatic rings. The second kappa shape index (κ2) is 5.88. The van der Waals surface area contributed by atoms with Crippen LogP contribution in [0.4, 0.5) is 5.69 Å². The fourth-order valence-corrected chi connectivity index (χ4v) is 2.21. The van der Waals surface area contributed by atoms with Crippen molar-refractivity contribution < 1.29 is 14.7 Å². The van der Waals surface area contributed by atoms with Gasteiger partial charge in [0.2, 0.25) is 0 Å². The monoisotopic (exact) mass is 333 g/mol. The van der Waals surface area contributed by atoms with E-state index in [9.17, 15) is 9.59 Å². The SMILES string of the molecule is Cc1cc(NC(=O)c2cccc(Br)c2)ccc1C(=O)O. The Bertz CT molecular complexity index is 683. The van der Waals surface area contributed by atoms with Gasteiger partial charge < -0.3 is 10.4 Å². The van der Waals surface area contributed by atoms with E-state index in [0.717, 1.165) is 4.47 Å². The average Bonchev–Trinajstić information content (AvgIpc) is 2.38. The van der Waals surface area contributed by atoms with Crippen LogP contribution in [0.3, 0.4) is 0 Å². The largest absolute Gasteiger partial charge is 0.478 e. The van der Waals surface area contributed by atoms with Crippen LogP contribution in [0.1, 0.15) is 26.3 Å². The van der Waals surface area contributed by atoms with Gasteiger partial charge in [-0.15, -0.1) is 0 Å². The zero-order chi connectivity index (χ0) is 14.7. The van der Waals surface area contributed by atoms with E-state index in [1.54, 1.807) is 37.3 Å². The topological polar surface area (TPSA) is 66.4 Å². The molecule has 0 aliphatic carbocycles. The lowest BCUT2D eigenvalue weighted by atomic mass is 10.1. The van der Waals surface area contributed by atoms with Gasteiger partial charge in [-0.1, -0.05) is 22.0 Å². The van der Waals surface area contributed by atoms with Crippen LogP contribution in [-0.2, 0) is 0 Å². The smallest absolute Gasteiger partial charge is 0.335 e. The Morgan fingerprint density at radius 3 is 2.50 bits per heavy atom. The van der Waals surface area contributed by atoms with Gasteiger partial charge in [-0.25, -0.2) is 4.79 Å². The van der Waals surface area contributed by atoms with Gasteiger partial charge in [0.15, 0.2) is 0 Å². The van der Waals surface area contributed by atoms with E-state index in [2.05, 4.69) is 21.2 Å². The number of anilines is 1. The molecule has 0 unspecified atom stereocenters. The first kappa shape index (κ1) is 14.3. The van der Waals surface area contributed by atoms with Gasteiger partial charge in [-0.2, -0.15) is 0 Å². The number of aromatic carboxylic acids is 1. The number of carbonyl (C=O) groups is 2. The molecule has 0 radical (unpaired) electrons. The minimum atomic E-state index is -0.979. The Hall–Kier alpha value is -2.14. The number of nitrogens with one attached hydrogen (secondary N) is 1. The van der Waals surface area contributed by atoms with Crippen molar-refractivity contribution in [1.29, 1.82) is 0 Å². The van der Waals surface area contributed by atoms with E-state index in [1.165, 1.54) is 6.07 Å². The number of benzene rings is 2. The molecule has 0 spiro atoms. The first-order valence-corrected chi connectivity index (χ1v) is 6.67. The highest BCUT2D eigenvalue weighted by Crippen LogP contribution is 2.17. The van der Waals surface area contributed by atoms with Gasteiger partial charge in [0.1, 0.15) is 0 Å². The number of hydrogen-bond acceptors (Lipinski definition) is 2. The van der Waals surface area contributed by atoms with E-state index < -0.39 is 5.97 Å². The summed E-state index contributed by atoms with van der Waals surface area (Å²) in [6.07, 6.45) is 0. The third-order valence-corrected chi connectivity index (χ3v) is 3.29. The minimum Gasteiger partial charge on any atom is -0.478 e. The average molecular weight is 334 g/mol. The fraction of sp³-hybridized carbons (Fsp3) is 0.0667. The van der Waals surface area contributed by atoms with Crippen LogP contribution in [0.5, 0.6) is 0 Å². The van der Waals surface area contributed by atoms with E-state index in [0.29, 0.717) is 16.8 Å². The predicted octanol–water partition coefficient (Wildman–Crippen LogP) is 3.71. The van der Waals surface area contributed by atoms with Crippen LogP contribution in [-0.4, -0.2) is 17.0 Å². The standard InChI is InChI=1S/C15H12BrNO3/c1-9-7-12(5-6-13(9)15(19)20)17-14(18)10-3-2-4-11(16)8-10/h2-8H,1H3,(H,17,18)(H,19,20). The highest BCUT2D eigenvalue weighted by Gasteiger charge is 2.10. The van der Waals surface area contributed by atoms with Crippen LogP contribution in [0, 0.1) is 6.92 Å². The summed E-state index contributed by atoms with van der Waals surface area (Å²) >= 11 is 3.31. The van der Waals surface area contributed by atoms with Crippen molar-refractivity contribution in [3.05, 3.63) is 63.6 Å². The van der Waals surface area contributed by atoms with E-state index >= 15 is 0 Å². The molecular formula is C15H12BrNO3. The summed E-state index contributed by atoms with van der Waals surface area (Å²) in [6, 6.07) is 11.7. The number of aryl methyl sites for hydroxylation is 1. The lowest BCUT2D eigenvalue weighted by Gasteiger charge is -2.08. The highest BCUT2D eigenvalue weighted by molar-refractivity contribution is 9.10. The maximum absolute atomic E-state index is 12.0. The molecule has 4 nitrogen and oxygen atoms in total. The Morgan fingerprint density at radius 2 is 1.90 bits per heavy atom. The van der Waals surface area contributed by atoms with Crippen LogP contribution >= 0.6 is 15.9 Å². The third kappa shape index (κ3) is 3.24. The van der Waals surface area contributed by atoms with Gasteiger partial charge in [0.05, 0.1) is 5.56 Å². The molecule has 2 aromatic rings. The summed E-state index contributed by atoms with van der Waals surface area (Å²) in [5, 5.41) is 11.7. The fourth-order valence-electron chi connectivity index (χ4n) is 1.81. The van der Waals surface area contributed by atoms with Crippen LogP contribution < -0.4 is 5.32 Å². The van der Waals surface area contributed by atoms with Crippen LogP contribution in [0.15, 0.2) is 46.9 Å². The van der Waals surface area contributed by atoms with Gasteiger partial charge in [0.25, 0.3) is 5.91 Å². The maximum atomic E-state index is 12.0. The quantitative estimate of drug-likeness (QED) is 0.899. The second-order valence-corrected chi connectivity index (χ2v) is 5.22. The summed E-state index contributed by atoms with van der Waals surface area (Å²) < 4.78 is 0.822. The predicted molar refractivity (Wildman–Crippen MR) is 80.2 cm³/mol. The molecule has 20 heavy (non-hydrogen) atoms. The maximum Gasteiger partial charge on any atom is 0.335 e. The minimum absolute atomic E-state index is 0.227. The van der Waals surface area contributed by atoms with Crippen molar-refractivity contribution in [2.75, 3.05) is 5.32 Å². The zero-order valence-corrected chi connectivity index (χ0v) is 12.3. The van der Waals surface area contributed by atoms with Gasteiger partial charge in [-0.3, -0.25) is 4.79 Å². The molecule has 0 bridgehead atoms. The second-order valence-electron chi connectivity index (χ2n) is 4.30. The molecular weight excluding hydrogens is 322 g/mol. The van der Waals surface area contributed by atoms with Gasteiger partial charge in [0, 0.05) is 15.7 Å². The molecule has 102 valence electrons. The summed E-state index contributed by atoms with van der Waals surface area (Å²) in [4.78, 5) is 23.0. The molecule has 5 heteroatoms. The first-order valence-electron chi connectivity index (χ1n) is 5.88. The molecule has 0 aromatic heterocycles.